The van der Waals surface area contributed by atoms with E-state index in [0.717, 1.165) is 24.3 Å². The van der Waals surface area contributed by atoms with Crippen molar-refractivity contribution in [2.24, 2.45) is 5.92 Å². The molecule has 1 heterocycles. The zero-order chi connectivity index (χ0) is 19.1. The second-order valence-electron chi connectivity index (χ2n) is 6.30. The maximum atomic E-state index is 14.3. The molecule has 0 saturated carbocycles. The fraction of sp³-hybridized carbons (Fsp3) is 0.278. The molecule has 0 saturated heterocycles. The molecule has 2 aromatic rings. The Labute approximate surface area is 148 Å². The summed E-state index contributed by atoms with van der Waals surface area (Å²) in [4.78, 5) is 12.3. The number of ether oxygens (including phenoxy) is 1. The largest absolute Gasteiger partial charge is 0.491 e. The highest BCUT2D eigenvalue weighted by molar-refractivity contribution is 7.91. The lowest BCUT2D eigenvalue weighted by atomic mass is 10.0. The first kappa shape index (κ1) is 18.4. The summed E-state index contributed by atoms with van der Waals surface area (Å²) >= 11 is 0. The molecule has 0 aromatic heterocycles. The minimum atomic E-state index is -3.74. The third kappa shape index (κ3) is 3.46. The number of carbonyl (C=O) groups is 1. The van der Waals surface area contributed by atoms with Crippen LogP contribution in [0.2, 0.25) is 0 Å². The predicted molar refractivity (Wildman–Crippen MR) is 87.5 cm³/mol. The molecule has 4 nitrogen and oxygen atoms in total. The molecule has 3 rings (SSSR count). The zero-order valence-electron chi connectivity index (χ0n) is 13.8. The van der Waals surface area contributed by atoms with Crippen molar-refractivity contribution in [2.75, 3.05) is 12.4 Å². The minimum absolute atomic E-state index is 0.0150. The molecule has 1 aliphatic heterocycles. The van der Waals surface area contributed by atoms with E-state index in [1.165, 1.54) is 6.07 Å². The van der Waals surface area contributed by atoms with Gasteiger partial charge in [-0.2, -0.15) is 0 Å². The van der Waals surface area contributed by atoms with Gasteiger partial charge in [0.25, 0.3) is 0 Å². The van der Waals surface area contributed by atoms with E-state index in [9.17, 15) is 26.4 Å². The Kier molecular flexibility index (Phi) is 4.79. The Bertz CT molecular complexity index is 986. The van der Waals surface area contributed by atoms with E-state index in [2.05, 4.69) is 0 Å². The van der Waals surface area contributed by atoms with Crippen LogP contribution in [0.3, 0.4) is 0 Å². The van der Waals surface area contributed by atoms with E-state index in [4.69, 9.17) is 4.74 Å². The van der Waals surface area contributed by atoms with Crippen LogP contribution in [0.4, 0.5) is 13.2 Å². The quantitative estimate of drug-likeness (QED) is 0.602. The highest BCUT2D eigenvalue weighted by Crippen LogP contribution is 2.35. The van der Waals surface area contributed by atoms with Crippen LogP contribution in [-0.4, -0.2) is 26.6 Å². The summed E-state index contributed by atoms with van der Waals surface area (Å²) < 4.78 is 70.9. The van der Waals surface area contributed by atoms with E-state index >= 15 is 0 Å². The van der Waals surface area contributed by atoms with Crippen LogP contribution in [-0.2, 0) is 16.3 Å². The molecular weight excluding hydrogens is 369 g/mol. The molecule has 1 unspecified atom stereocenters. The van der Waals surface area contributed by atoms with Gasteiger partial charge in [-0.15, -0.1) is 0 Å². The molecule has 0 N–H and O–H groups in total. The van der Waals surface area contributed by atoms with Crippen molar-refractivity contribution in [1.82, 2.24) is 0 Å². The molecule has 0 bridgehead atoms. The van der Waals surface area contributed by atoms with Gasteiger partial charge in [0.05, 0.1) is 17.9 Å². The summed E-state index contributed by atoms with van der Waals surface area (Å²) in [7, 11) is -3.74. The summed E-state index contributed by atoms with van der Waals surface area (Å²) in [5.41, 5.74) is -0.361. The third-order valence-electron chi connectivity index (χ3n) is 4.05. The average molecular weight is 384 g/mol. The number of sulfone groups is 1. The molecule has 1 aliphatic rings. The fourth-order valence-corrected chi connectivity index (χ4v) is 4.59. The number of hydrogen-bond donors (Lipinski definition) is 0. The molecule has 0 radical (unpaired) electrons. The molecule has 1 atom stereocenters. The van der Waals surface area contributed by atoms with Crippen LogP contribution >= 0.6 is 0 Å². The van der Waals surface area contributed by atoms with Gasteiger partial charge in [-0.1, -0.05) is 13.0 Å². The van der Waals surface area contributed by atoms with Crippen molar-refractivity contribution in [2.45, 2.75) is 18.2 Å². The second-order valence-corrected chi connectivity index (χ2v) is 8.30. The zero-order valence-corrected chi connectivity index (χ0v) is 14.6. The van der Waals surface area contributed by atoms with Crippen LogP contribution in [0.1, 0.15) is 22.8 Å². The van der Waals surface area contributed by atoms with Gasteiger partial charge in [0.1, 0.15) is 10.7 Å². The Morgan fingerprint density at radius 1 is 1.12 bits per heavy atom. The van der Waals surface area contributed by atoms with Gasteiger partial charge >= 0.3 is 0 Å². The summed E-state index contributed by atoms with van der Waals surface area (Å²) in [6.07, 6.45) is -0.427. The molecule has 0 fully saturated rings. The molecule has 0 aliphatic carbocycles. The number of ketones is 1. The standard InChI is InChI=1S/C18H15F3O4S/c1-10-8-25-18-16(26(23,24)9-10)5-4-13(20)17(18)15(22)7-11-2-3-12(19)14(21)6-11/h2-6,10H,7-9H2,1H3. The summed E-state index contributed by atoms with van der Waals surface area (Å²) in [6.45, 7) is 1.68. The van der Waals surface area contributed by atoms with Gasteiger partial charge in [-0.05, 0) is 29.8 Å². The monoisotopic (exact) mass is 384 g/mol. The summed E-state index contributed by atoms with van der Waals surface area (Å²) in [5, 5.41) is 0. The van der Waals surface area contributed by atoms with Crippen molar-refractivity contribution in [1.29, 1.82) is 0 Å². The Balaban J connectivity index is 2.05. The van der Waals surface area contributed by atoms with E-state index in [1.54, 1.807) is 6.92 Å². The van der Waals surface area contributed by atoms with Gasteiger partial charge in [-0.25, -0.2) is 21.6 Å². The highest BCUT2D eigenvalue weighted by Gasteiger charge is 2.32. The van der Waals surface area contributed by atoms with Crippen LogP contribution in [0.5, 0.6) is 5.75 Å². The van der Waals surface area contributed by atoms with Crippen LogP contribution in [0.25, 0.3) is 0 Å². The Morgan fingerprint density at radius 2 is 1.81 bits per heavy atom. The molecule has 2 aromatic carbocycles. The smallest absolute Gasteiger partial charge is 0.182 e. The predicted octanol–water partition coefficient (Wildman–Crippen LogP) is 3.33. The maximum Gasteiger partial charge on any atom is 0.182 e. The lowest BCUT2D eigenvalue weighted by molar-refractivity contribution is 0.0983. The normalized spacial score (nSPS) is 18.5. The van der Waals surface area contributed by atoms with E-state index in [-0.39, 0.29) is 34.5 Å². The first-order valence-electron chi connectivity index (χ1n) is 7.84. The van der Waals surface area contributed by atoms with E-state index in [0.29, 0.717) is 0 Å². The molecule has 0 amide bonds. The summed E-state index contributed by atoms with van der Waals surface area (Å²) in [6, 6.07) is 4.88. The van der Waals surface area contributed by atoms with Crippen molar-refractivity contribution in [3.05, 3.63) is 58.9 Å². The van der Waals surface area contributed by atoms with Crippen LogP contribution in [0.15, 0.2) is 35.2 Å². The van der Waals surface area contributed by atoms with Gasteiger partial charge in [0.15, 0.2) is 33.0 Å². The Morgan fingerprint density at radius 3 is 2.50 bits per heavy atom. The number of hydrogen-bond acceptors (Lipinski definition) is 4. The lowest BCUT2D eigenvalue weighted by Gasteiger charge is -2.13. The van der Waals surface area contributed by atoms with Crippen LogP contribution < -0.4 is 4.74 Å². The number of carbonyl (C=O) groups excluding carboxylic acids is 1. The minimum Gasteiger partial charge on any atom is -0.491 e. The SMILES string of the molecule is CC1COc2c(ccc(F)c2C(=O)Cc2ccc(F)c(F)c2)S(=O)(=O)C1. The van der Waals surface area contributed by atoms with Crippen molar-refractivity contribution < 1.29 is 31.1 Å². The van der Waals surface area contributed by atoms with Gasteiger partial charge in [0.2, 0.25) is 0 Å². The number of rotatable bonds is 3. The van der Waals surface area contributed by atoms with E-state index < -0.39 is 45.1 Å². The molecule has 8 heteroatoms. The highest BCUT2D eigenvalue weighted by atomic mass is 32.2. The van der Waals surface area contributed by atoms with Crippen molar-refractivity contribution in [3.63, 3.8) is 0 Å². The number of halogens is 3. The van der Waals surface area contributed by atoms with Gasteiger partial charge in [-0.3, -0.25) is 4.79 Å². The Hall–Kier alpha value is -2.35. The topological polar surface area (TPSA) is 60.4 Å². The number of fused-ring (bicyclic) bond motifs is 1. The first-order chi connectivity index (χ1) is 12.2. The van der Waals surface area contributed by atoms with Crippen molar-refractivity contribution >= 4 is 15.6 Å². The second kappa shape index (κ2) is 6.75. The van der Waals surface area contributed by atoms with Gasteiger partial charge in [0, 0.05) is 12.3 Å². The third-order valence-corrected chi connectivity index (χ3v) is 6.05. The number of Topliss-reactive ketones (excluding diaryl/α,β-unsaturated/α-hetero) is 1. The van der Waals surface area contributed by atoms with Crippen LogP contribution in [0, 0.1) is 23.4 Å². The molecular formula is C18H15F3O4S. The molecule has 138 valence electrons. The lowest BCUT2D eigenvalue weighted by Crippen LogP contribution is -2.15. The summed E-state index contributed by atoms with van der Waals surface area (Å²) in [5.74, 6) is -4.73. The fourth-order valence-electron chi connectivity index (χ4n) is 2.85. The molecule has 26 heavy (non-hydrogen) atoms. The molecule has 0 spiro atoms. The first-order valence-corrected chi connectivity index (χ1v) is 9.49. The van der Waals surface area contributed by atoms with Gasteiger partial charge < -0.3 is 4.74 Å². The van der Waals surface area contributed by atoms with E-state index in [1.807, 2.05) is 0 Å². The maximum absolute atomic E-state index is 14.3. The number of benzene rings is 2. The van der Waals surface area contributed by atoms with Crippen molar-refractivity contribution in [3.8, 4) is 5.75 Å². The average Bonchev–Trinajstić information content (AvgIpc) is 2.66.